The highest BCUT2D eigenvalue weighted by Gasteiger charge is 2.24. The minimum atomic E-state index is -0.676. The highest BCUT2D eigenvalue weighted by atomic mass is 79.9. The molecule has 0 fully saturated rings. The first kappa shape index (κ1) is 14.1. The van der Waals surface area contributed by atoms with Crippen molar-refractivity contribution in [2.75, 3.05) is 12.4 Å². The monoisotopic (exact) mass is 344 g/mol. The Kier molecular flexibility index (Phi) is 4.10. The van der Waals surface area contributed by atoms with Gasteiger partial charge in [0, 0.05) is 7.11 Å². The van der Waals surface area contributed by atoms with Crippen LogP contribution in [0.5, 0.6) is 0 Å². The molecule has 0 aliphatic heterocycles. The van der Waals surface area contributed by atoms with Crippen molar-refractivity contribution in [1.29, 1.82) is 0 Å². The molecular weight excluding hydrogens is 336 g/mol. The van der Waals surface area contributed by atoms with Crippen LogP contribution in [-0.2, 0) is 11.5 Å². The molecule has 20 heavy (non-hydrogen) atoms. The summed E-state index contributed by atoms with van der Waals surface area (Å²) < 4.78 is 6.33. The Labute approximate surface area is 120 Å². The van der Waals surface area contributed by atoms with Crippen molar-refractivity contribution in [3.8, 4) is 0 Å². The van der Waals surface area contributed by atoms with Crippen LogP contribution in [-0.4, -0.2) is 37.9 Å². The number of amides is 1. The third-order valence-electron chi connectivity index (χ3n) is 2.24. The van der Waals surface area contributed by atoms with E-state index in [9.17, 15) is 14.9 Å². The molecule has 2 rings (SSSR count). The average molecular weight is 345 g/mol. The fourth-order valence-corrected chi connectivity index (χ4v) is 1.91. The molecule has 11 heteroatoms. The van der Waals surface area contributed by atoms with E-state index >= 15 is 0 Å². The largest absolute Gasteiger partial charge is 0.362 e. The summed E-state index contributed by atoms with van der Waals surface area (Å²) in [5.74, 6) is -0.983. The number of hydrogen-bond acceptors (Lipinski definition) is 6. The smallest absolute Gasteiger partial charge is 0.357 e. The van der Waals surface area contributed by atoms with Crippen LogP contribution in [0.3, 0.4) is 0 Å². The molecule has 0 unspecified atom stereocenters. The van der Waals surface area contributed by atoms with Gasteiger partial charge < -0.3 is 20.2 Å². The zero-order valence-electron chi connectivity index (χ0n) is 10.2. The van der Waals surface area contributed by atoms with Gasteiger partial charge in [-0.3, -0.25) is 4.79 Å². The minimum absolute atomic E-state index is 0.00992. The molecule has 2 aromatic rings. The van der Waals surface area contributed by atoms with E-state index < -0.39 is 10.8 Å². The molecule has 1 amide bonds. The van der Waals surface area contributed by atoms with Crippen LogP contribution in [0.1, 0.15) is 10.5 Å². The standard InChI is InChI=1S/C9H9BrN6O4/c1-20-4-15-3-5(2-11-15)12-9(17)7-6(10)8(14-13-7)16(18)19/h2-3H,4H2,1H3,(H,12,17)(H,13,14). The number of aromatic amines is 1. The first-order chi connectivity index (χ1) is 9.52. The van der Waals surface area contributed by atoms with E-state index in [2.05, 4.69) is 36.5 Å². The fraction of sp³-hybridized carbons (Fsp3) is 0.222. The van der Waals surface area contributed by atoms with Gasteiger partial charge in [0.05, 0.1) is 18.1 Å². The minimum Gasteiger partial charge on any atom is -0.362 e. The molecule has 0 saturated heterocycles. The van der Waals surface area contributed by atoms with Crippen LogP contribution in [0.25, 0.3) is 0 Å². The van der Waals surface area contributed by atoms with E-state index in [4.69, 9.17) is 4.74 Å². The summed E-state index contributed by atoms with van der Waals surface area (Å²) in [6.07, 6.45) is 2.97. The molecular formula is C9H9BrN6O4. The molecule has 0 aromatic carbocycles. The molecule has 106 valence electrons. The quantitative estimate of drug-likeness (QED) is 0.618. The van der Waals surface area contributed by atoms with Gasteiger partial charge in [0.15, 0.2) is 5.69 Å². The van der Waals surface area contributed by atoms with Crippen molar-refractivity contribution in [2.24, 2.45) is 0 Å². The molecule has 10 nitrogen and oxygen atoms in total. The second-order valence-corrected chi connectivity index (χ2v) is 4.43. The van der Waals surface area contributed by atoms with E-state index in [0.717, 1.165) is 0 Å². The zero-order chi connectivity index (χ0) is 14.7. The summed E-state index contributed by atoms with van der Waals surface area (Å²) in [6, 6.07) is 0. The van der Waals surface area contributed by atoms with Crippen molar-refractivity contribution in [2.45, 2.75) is 6.73 Å². The van der Waals surface area contributed by atoms with Gasteiger partial charge in [-0.15, -0.1) is 5.10 Å². The lowest BCUT2D eigenvalue weighted by Crippen LogP contribution is -2.12. The number of halogens is 1. The second-order valence-electron chi connectivity index (χ2n) is 3.63. The van der Waals surface area contributed by atoms with Crippen molar-refractivity contribution in [1.82, 2.24) is 20.0 Å². The molecule has 0 radical (unpaired) electrons. The Hall–Kier alpha value is -2.27. The topological polar surface area (TPSA) is 128 Å². The van der Waals surface area contributed by atoms with Crippen molar-refractivity contribution in [3.63, 3.8) is 0 Å². The van der Waals surface area contributed by atoms with Gasteiger partial charge in [0.1, 0.15) is 11.2 Å². The third-order valence-corrected chi connectivity index (χ3v) is 2.99. The van der Waals surface area contributed by atoms with Crippen LogP contribution >= 0.6 is 15.9 Å². The highest BCUT2D eigenvalue weighted by Crippen LogP contribution is 2.25. The Morgan fingerprint density at radius 3 is 3.05 bits per heavy atom. The van der Waals surface area contributed by atoms with Gasteiger partial charge >= 0.3 is 5.82 Å². The Morgan fingerprint density at radius 2 is 2.45 bits per heavy atom. The van der Waals surface area contributed by atoms with Crippen LogP contribution in [0.2, 0.25) is 0 Å². The third kappa shape index (κ3) is 2.83. The van der Waals surface area contributed by atoms with Gasteiger partial charge in [-0.1, -0.05) is 5.10 Å². The molecule has 0 spiro atoms. The number of rotatable bonds is 5. The number of carbonyl (C=O) groups is 1. The van der Waals surface area contributed by atoms with Crippen molar-refractivity contribution >= 4 is 33.3 Å². The van der Waals surface area contributed by atoms with E-state index in [1.54, 1.807) is 6.20 Å². The number of ether oxygens (including phenoxy) is 1. The van der Waals surface area contributed by atoms with Gasteiger partial charge in [0.2, 0.25) is 0 Å². The van der Waals surface area contributed by atoms with Crippen LogP contribution < -0.4 is 5.32 Å². The summed E-state index contributed by atoms with van der Waals surface area (Å²) in [5.41, 5.74) is 0.306. The van der Waals surface area contributed by atoms with Crippen LogP contribution in [0, 0.1) is 10.1 Å². The summed E-state index contributed by atoms with van der Waals surface area (Å²) in [7, 11) is 1.51. The highest BCUT2D eigenvalue weighted by molar-refractivity contribution is 9.10. The average Bonchev–Trinajstić information content (AvgIpc) is 2.96. The first-order valence-corrected chi connectivity index (χ1v) is 6.03. The Morgan fingerprint density at radius 1 is 1.70 bits per heavy atom. The number of aromatic nitrogens is 4. The summed E-state index contributed by atoms with van der Waals surface area (Å²) in [5, 5.41) is 22.9. The van der Waals surface area contributed by atoms with E-state index in [1.807, 2.05) is 0 Å². The maximum atomic E-state index is 11.9. The van der Waals surface area contributed by atoms with Crippen molar-refractivity contribution in [3.05, 3.63) is 32.7 Å². The Balaban J connectivity index is 2.13. The van der Waals surface area contributed by atoms with Crippen molar-refractivity contribution < 1.29 is 14.5 Å². The fourth-order valence-electron chi connectivity index (χ4n) is 1.41. The van der Waals surface area contributed by atoms with Gasteiger partial charge in [-0.2, -0.15) is 5.10 Å². The normalized spacial score (nSPS) is 10.5. The summed E-state index contributed by atoms with van der Waals surface area (Å²) in [4.78, 5) is 21.9. The van der Waals surface area contributed by atoms with E-state index in [1.165, 1.54) is 18.0 Å². The number of nitrogens with one attached hydrogen (secondary N) is 2. The zero-order valence-corrected chi connectivity index (χ0v) is 11.7. The molecule has 0 aliphatic rings. The van der Waals surface area contributed by atoms with Crippen LogP contribution in [0.15, 0.2) is 16.9 Å². The number of anilines is 1. The lowest BCUT2D eigenvalue weighted by molar-refractivity contribution is -0.390. The number of hydrogen-bond donors (Lipinski definition) is 2. The number of carbonyl (C=O) groups excluding carboxylic acids is 1. The molecule has 2 aromatic heterocycles. The second kappa shape index (κ2) is 5.79. The molecule has 0 aliphatic carbocycles. The predicted molar refractivity (Wildman–Crippen MR) is 70.1 cm³/mol. The molecule has 0 atom stereocenters. The Bertz CT molecular complexity index is 651. The molecule has 0 saturated carbocycles. The SMILES string of the molecule is COCn1cc(NC(=O)c2n[nH]c([N+](=O)[O-])c2Br)cn1. The van der Waals surface area contributed by atoms with Gasteiger partial charge in [-0.25, -0.2) is 4.68 Å². The number of nitrogens with zero attached hydrogens (tertiary/aromatic N) is 4. The lowest BCUT2D eigenvalue weighted by Gasteiger charge is -1.99. The van der Waals surface area contributed by atoms with Gasteiger partial charge in [-0.05, 0) is 20.9 Å². The lowest BCUT2D eigenvalue weighted by atomic mass is 10.4. The first-order valence-electron chi connectivity index (χ1n) is 5.24. The number of methoxy groups -OCH3 is 1. The van der Waals surface area contributed by atoms with Gasteiger partial charge in [0.25, 0.3) is 5.91 Å². The predicted octanol–water partition coefficient (Wildman–Crippen LogP) is 1.13. The van der Waals surface area contributed by atoms with E-state index in [-0.39, 0.29) is 22.7 Å². The number of H-pyrrole nitrogens is 1. The number of nitro groups is 1. The van der Waals surface area contributed by atoms with Crippen LogP contribution in [0.4, 0.5) is 11.5 Å². The maximum absolute atomic E-state index is 11.9. The molecule has 0 bridgehead atoms. The summed E-state index contributed by atoms with van der Waals surface area (Å²) >= 11 is 2.96. The molecule has 2 heterocycles. The van der Waals surface area contributed by atoms with E-state index in [0.29, 0.717) is 5.69 Å². The molecule has 2 N–H and O–H groups in total. The summed E-state index contributed by atoms with van der Waals surface area (Å²) in [6.45, 7) is 0.243. The maximum Gasteiger partial charge on any atom is 0.357 e.